The Hall–Kier alpha value is -1.32. The first-order chi connectivity index (χ1) is 9.87. The number of nitrogens with one attached hydrogen (secondary N) is 2. The summed E-state index contributed by atoms with van der Waals surface area (Å²) in [6.07, 6.45) is 2.98. The molecule has 0 spiro atoms. The predicted molar refractivity (Wildman–Crippen MR) is 92.4 cm³/mol. The monoisotopic (exact) mass is 305 g/mol. The number of hydrogen-bond acceptors (Lipinski definition) is 3. The summed E-state index contributed by atoms with van der Waals surface area (Å²) in [6, 6.07) is 5.82. The van der Waals surface area contributed by atoms with Gasteiger partial charge < -0.3 is 10.6 Å². The van der Waals surface area contributed by atoms with E-state index < -0.39 is 0 Å². The fourth-order valence-electron chi connectivity index (χ4n) is 2.26. The molecule has 1 heterocycles. The van der Waals surface area contributed by atoms with E-state index in [0.717, 1.165) is 46.7 Å². The summed E-state index contributed by atoms with van der Waals surface area (Å²) in [5.41, 5.74) is 3.43. The highest BCUT2D eigenvalue weighted by molar-refractivity contribution is 6.31. The molecule has 0 aliphatic carbocycles. The highest BCUT2D eigenvalue weighted by Crippen LogP contribution is 2.27. The molecule has 0 unspecified atom stereocenters. The maximum absolute atomic E-state index is 6.11. The van der Waals surface area contributed by atoms with E-state index in [-0.39, 0.29) is 5.54 Å². The number of aryl methyl sites for hydroxylation is 1. The molecule has 0 bridgehead atoms. The van der Waals surface area contributed by atoms with Crippen molar-refractivity contribution in [3.05, 3.63) is 35.0 Å². The van der Waals surface area contributed by atoms with Crippen molar-refractivity contribution in [1.82, 2.24) is 10.3 Å². The van der Waals surface area contributed by atoms with Crippen molar-refractivity contribution < 1.29 is 0 Å². The second-order valence-electron chi connectivity index (χ2n) is 6.43. The third-order valence-electron chi connectivity index (χ3n) is 3.33. The number of halogens is 1. The molecule has 0 aliphatic rings. The van der Waals surface area contributed by atoms with Crippen LogP contribution in [0.4, 0.5) is 5.69 Å². The zero-order valence-corrected chi connectivity index (χ0v) is 14.0. The van der Waals surface area contributed by atoms with Gasteiger partial charge >= 0.3 is 0 Å². The minimum Gasteiger partial charge on any atom is -0.384 e. The fourth-order valence-corrected chi connectivity index (χ4v) is 2.44. The molecule has 1 aromatic heterocycles. The number of pyridine rings is 1. The molecule has 114 valence electrons. The van der Waals surface area contributed by atoms with E-state index in [0.29, 0.717) is 0 Å². The molecule has 2 N–H and O–H groups in total. The molecule has 0 atom stereocenters. The molecule has 0 saturated heterocycles. The number of hydrogen-bond donors (Lipinski definition) is 2. The van der Waals surface area contributed by atoms with E-state index in [2.05, 4.69) is 43.3 Å². The van der Waals surface area contributed by atoms with Crippen LogP contribution < -0.4 is 10.6 Å². The van der Waals surface area contributed by atoms with Gasteiger partial charge in [0.15, 0.2) is 0 Å². The first-order valence-corrected chi connectivity index (χ1v) is 7.78. The lowest BCUT2D eigenvalue weighted by atomic mass is 10.1. The van der Waals surface area contributed by atoms with Crippen molar-refractivity contribution in [2.24, 2.45) is 0 Å². The van der Waals surface area contributed by atoms with Gasteiger partial charge in [0, 0.05) is 34.4 Å². The van der Waals surface area contributed by atoms with E-state index in [1.54, 1.807) is 0 Å². The topological polar surface area (TPSA) is 37.0 Å². The average Bonchev–Trinajstić information content (AvgIpc) is 2.39. The summed E-state index contributed by atoms with van der Waals surface area (Å²) in [4.78, 5) is 4.45. The molecule has 2 rings (SSSR count). The molecular weight excluding hydrogens is 282 g/mol. The number of fused-ring (bicyclic) bond motifs is 1. The lowest BCUT2D eigenvalue weighted by Crippen LogP contribution is -2.36. The van der Waals surface area contributed by atoms with Crippen LogP contribution in [0.2, 0.25) is 5.02 Å². The van der Waals surface area contributed by atoms with Crippen LogP contribution in [-0.2, 0) is 0 Å². The van der Waals surface area contributed by atoms with Gasteiger partial charge in [-0.15, -0.1) is 0 Å². The molecule has 2 aromatic rings. The van der Waals surface area contributed by atoms with Gasteiger partial charge in [-0.05, 0) is 64.4 Å². The molecule has 3 nitrogen and oxygen atoms in total. The second-order valence-corrected chi connectivity index (χ2v) is 6.87. The first-order valence-electron chi connectivity index (χ1n) is 7.40. The van der Waals surface area contributed by atoms with Crippen molar-refractivity contribution in [1.29, 1.82) is 0 Å². The molecule has 0 radical (unpaired) electrons. The highest BCUT2D eigenvalue weighted by Gasteiger charge is 2.08. The minimum absolute atomic E-state index is 0.173. The summed E-state index contributed by atoms with van der Waals surface area (Å²) >= 11 is 6.11. The summed E-state index contributed by atoms with van der Waals surface area (Å²) in [7, 11) is 0. The fraction of sp³-hybridized carbons (Fsp3) is 0.471. The lowest BCUT2D eigenvalue weighted by molar-refractivity contribution is 0.425. The van der Waals surface area contributed by atoms with Gasteiger partial charge in [-0.3, -0.25) is 4.98 Å². The van der Waals surface area contributed by atoms with Crippen molar-refractivity contribution in [3.63, 3.8) is 0 Å². The van der Waals surface area contributed by atoms with Gasteiger partial charge in [0.1, 0.15) is 0 Å². The second kappa shape index (κ2) is 6.63. The van der Waals surface area contributed by atoms with Crippen molar-refractivity contribution in [2.45, 2.75) is 39.7 Å². The summed E-state index contributed by atoms with van der Waals surface area (Å²) in [6.45, 7) is 10.5. The molecular formula is C17H24ClN3. The van der Waals surface area contributed by atoms with Gasteiger partial charge in [-0.1, -0.05) is 11.6 Å². The number of anilines is 1. The maximum atomic E-state index is 6.11. The largest absolute Gasteiger partial charge is 0.384 e. The number of aromatic nitrogens is 1. The van der Waals surface area contributed by atoms with E-state index >= 15 is 0 Å². The Morgan fingerprint density at radius 1 is 1.19 bits per heavy atom. The van der Waals surface area contributed by atoms with Gasteiger partial charge in [0.05, 0.1) is 5.52 Å². The molecule has 0 amide bonds. The van der Waals surface area contributed by atoms with E-state index in [1.165, 1.54) is 0 Å². The molecule has 4 heteroatoms. The van der Waals surface area contributed by atoms with E-state index in [1.807, 2.05) is 24.4 Å². The van der Waals surface area contributed by atoms with Crippen LogP contribution in [-0.4, -0.2) is 23.6 Å². The minimum atomic E-state index is 0.173. The quantitative estimate of drug-likeness (QED) is 0.805. The van der Waals surface area contributed by atoms with Gasteiger partial charge in [0.25, 0.3) is 0 Å². The molecule has 0 fully saturated rings. The number of nitrogens with zero attached hydrogens (tertiary/aromatic N) is 1. The van der Waals surface area contributed by atoms with E-state index in [9.17, 15) is 0 Å². The van der Waals surface area contributed by atoms with E-state index in [4.69, 9.17) is 11.6 Å². The Kier molecular flexibility index (Phi) is 5.07. The number of rotatable bonds is 5. The Balaban J connectivity index is 2.04. The standard InChI is InChI=1S/C17H24ClN3/c1-12-11-20-15-7-6-13(18)10-14(15)16(12)19-8-5-9-21-17(2,3)4/h6-7,10-11,21H,5,8-9H2,1-4H3,(H,19,20). The first kappa shape index (κ1) is 16.1. The average molecular weight is 306 g/mol. The van der Waals surface area contributed by atoms with Crippen LogP contribution in [0.5, 0.6) is 0 Å². The van der Waals surface area contributed by atoms with Gasteiger partial charge in [-0.2, -0.15) is 0 Å². The predicted octanol–water partition coefficient (Wildman–Crippen LogP) is 4.39. The molecule has 0 aliphatic heterocycles. The Bertz CT molecular complexity index is 612. The number of benzene rings is 1. The van der Waals surface area contributed by atoms with Crippen LogP contribution in [0.1, 0.15) is 32.8 Å². The van der Waals surface area contributed by atoms with Crippen LogP contribution in [0.15, 0.2) is 24.4 Å². The lowest BCUT2D eigenvalue weighted by Gasteiger charge is -2.20. The Morgan fingerprint density at radius 3 is 2.67 bits per heavy atom. The van der Waals surface area contributed by atoms with Crippen LogP contribution in [0.25, 0.3) is 10.9 Å². The van der Waals surface area contributed by atoms with Crippen LogP contribution in [0.3, 0.4) is 0 Å². The normalized spacial score (nSPS) is 11.9. The maximum Gasteiger partial charge on any atom is 0.0723 e. The van der Waals surface area contributed by atoms with Crippen molar-refractivity contribution in [3.8, 4) is 0 Å². The van der Waals surface area contributed by atoms with Crippen molar-refractivity contribution >= 4 is 28.2 Å². The third-order valence-corrected chi connectivity index (χ3v) is 3.57. The Morgan fingerprint density at radius 2 is 1.95 bits per heavy atom. The van der Waals surface area contributed by atoms with Gasteiger partial charge in [-0.25, -0.2) is 0 Å². The Labute approximate surface area is 132 Å². The SMILES string of the molecule is Cc1cnc2ccc(Cl)cc2c1NCCCNC(C)(C)C. The zero-order valence-electron chi connectivity index (χ0n) is 13.3. The smallest absolute Gasteiger partial charge is 0.0723 e. The summed E-state index contributed by atoms with van der Waals surface area (Å²) in [5.74, 6) is 0. The van der Waals surface area contributed by atoms with Crippen molar-refractivity contribution in [2.75, 3.05) is 18.4 Å². The molecule has 1 aromatic carbocycles. The van der Waals surface area contributed by atoms with Crippen LogP contribution in [0, 0.1) is 6.92 Å². The third kappa shape index (κ3) is 4.58. The highest BCUT2D eigenvalue weighted by atomic mass is 35.5. The van der Waals surface area contributed by atoms with Crippen LogP contribution >= 0.6 is 11.6 Å². The summed E-state index contributed by atoms with van der Waals surface area (Å²) in [5, 5.41) is 8.86. The van der Waals surface area contributed by atoms with Gasteiger partial charge in [0.2, 0.25) is 0 Å². The molecule has 0 saturated carbocycles. The molecule has 21 heavy (non-hydrogen) atoms. The zero-order chi connectivity index (χ0) is 15.5. The summed E-state index contributed by atoms with van der Waals surface area (Å²) < 4.78 is 0.